The third-order valence-corrected chi connectivity index (χ3v) is 3.75. The maximum absolute atomic E-state index is 12.6. The number of alkyl halides is 2. The summed E-state index contributed by atoms with van der Waals surface area (Å²) in [5.74, 6) is 0.915. The zero-order chi connectivity index (χ0) is 19.6. The van der Waals surface area contributed by atoms with Crippen molar-refractivity contribution >= 4 is 29.9 Å². The van der Waals surface area contributed by atoms with E-state index in [1.807, 2.05) is 32.0 Å². The van der Waals surface area contributed by atoms with Crippen molar-refractivity contribution in [3.05, 3.63) is 59.2 Å². The van der Waals surface area contributed by atoms with E-state index in [9.17, 15) is 8.78 Å². The lowest BCUT2D eigenvalue weighted by molar-refractivity contribution is -0.0512. The van der Waals surface area contributed by atoms with Crippen LogP contribution in [0.1, 0.15) is 23.6 Å². The summed E-state index contributed by atoms with van der Waals surface area (Å²) < 4.78 is 34.7. The highest BCUT2D eigenvalue weighted by Crippen LogP contribution is 2.29. The predicted octanol–water partition coefficient (Wildman–Crippen LogP) is 4.48. The molecule has 154 valence electrons. The fraction of sp³-hybridized carbons (Fsp3) is 0.350. The second-order valence-electron chi connectivity index (χ2n) is 5.90. The van der Waals surface area contributed by atoms with E-state index >= 15 is 0 Å². The number of guanidine groups is 1. The van der Waals surface area contributed by atoms with Gasteiger partial charge in [0.2, 0.25) is 0 Å². The summed E-state index contributed by atoms with van der Waals surface area (Å²) in [6, 6.07) is 13.1. The fourth-order valence-corrected chi connectivity index (χ4v) is 2.53. The maximum Gasteiger partial charge on any atom is 0.387 e. The van der Waals surface area contributed by atoms with Gasteiger partial charge in [-0.05, 0) is 37.1 Å². The van der Waals surface area contributed by atoms with Gasteiger partial charge < -0.3 is 20.1 Å². The SMILES string of the molecule is CCNC(=NCc1cccc(C)c1)NCc1ccc(OC)c(OC(F)F)c1.I. The van der Waals surface area contributed by atoms with Gasteiger partial charge in [0.1, 0.15) is 0 Å². The van der Waals surface area contributed by atoms with E-state index in [4.69, 9.17) is 4.74 Å². The molecule has 5 nitrogen and oxygen atoms in total. The molecule has 0 saturated heterocycles. The predicted molar refractivity (Wildman–Crippen MR) is 118 cm³/mol. The molecule has 0 spiro atoms. The van der Waals surface area contributed by atoms with Crippen LogP contribution in [0.25, 0.3) is 0 Å². The van der Waals surface area contributed by atoms with Crippen LogP contribution in [0, 0.1) is 6.92 Å². The van der Waals surface area contributed by atoms with Gasteiger partial charge in [0, 0.05) is 13.1 Å². The van der Waals surface area contributed by atoms with E-state index in [0.29, 0.717) is 25.6 Å². The van der Waals surface area contributed by atoms with Crippen molar-refractivity contribution < 1.29 is 18.3 Å². The van der Waals surface area contributed by atoms with Crippen LogP contribution in [0.15, 0.2) is 47.5 Å². The number of benzene rings is 2. The summed E-state index contributed by atoms with van der Waals surface area (Å²) in [5.41, 5.74) is 3.07. The minimum atomic E-state index is -2.91. The topological polar surface area (TPSA) is 54.9 Å². The van der Waals surface area contributed by atoms with Crippen molar-refractivity contribution in [3.8, 4) is 11.5 Å². The molecule has 2 aromatic carbocycles. The first-order valence-corrected chi connectivity index (χ1v) is 8.71. The molecule has 0 aromatic heterocycles. The smallest absolute Gasteiger partial charge is 0.387 e. The van der Waals surface area contributed by atoms with Gasteiger partial charge in [-0.1, -0.05) is 35.9 Å². The van der Waals surface area contributed by atoms with Gasteiger partial charge >= 0.3 is 6.61 Å². The second-order valence-corrected chi connectivity index (χ2v) is 5.90. The van der Waals surface area contributed by atoms with Gasteiger partial charge in [0.25, 0.3) is 0 Å². The maximum atomic E-state index is 12.6. The van der Waals surface area contributed by atoms with E-state index in [2.05, 4.69) is 26.4 Å². The zero-order valence-corrected chi connectivity index (χ0v) is 18.5. The number of hydrogen-bond acceptors (Lipinski definition) is 3. The van der Waals surface area contributed by atoms with Crippen LogP contribution in [-0.4, -0.2) is 26.2 Å². The first kappa shape index (κ1) is 23.9. The van der Waals surface area contributed by atoms with Crippen LogP contribution < -0.4 is 20.1 Å². The molecule has 0 amide bonds. The normalized spacial score (nSPS) is 11.0. The van der Waals surface area contributed by atoms with Crippen molar-refractivity contribution in [2.75, 3.05) is 13.7 Å². The summed E-state index contributed by atoms with van der Waals surface area (Å²) in [7, 11) is 1.41. The highest BCUT2D eigenvalue weighted by atomic mass is 127. The standard InChI is InChI=1S/C20H25F2N3O2.HI/c1-4-23-20(24-12-15-7-5-6-14(2)10-15)25-13-16-8-9-17(26-3)18(11-16)27-19(21)22;/h5-11,19H,4,12-13H2,1-3H3,(H2,23,24,25);1H. The molecule has 28 heavy (non-hydrogen) atoms. The molecule has 2 N–H and O–H groups in total. The van der Waals surface area contributed by atoms with Gasteiger partial charge in [0.15, 0.2) is 17.5 Å². The number of nitrogens with one attached hydrogen (secondary N) is 2. The summed E-state index contributed by atoms with van der Waals surface area (Å²) in [6.07, 6.45) is 0. The lowest BCUT2D eigenvalue weighted by atomic mass is 10.1. The molecule has 0 bridgehead atoms. The first-order chi connectivity index (χ1) is 13.0. The van der Waals surface area contributed by atoms with Gasteiger partial charge in [-0.2, -0.15) is 8.78 Å². The second kappa shape index (κ2) is 12.4. The van der Waals surface area contributed by atoms with E-state index in [0.717, 1.165) is 11.1 Å². The third-order valence-electron chi connectivity index (χ3n) is 3.75. The lowest BCUT2D eigenvalue weighted by Gasteiger charge is -2.14. The van der Waals surface area contributed by atoms with Crippen LogP contribution >= 0.6 is 24.0 Å². The Morgan fingerprint density at radius 3 is 2.50 bits per heavy atom. The molecular weight excluding hydrogens is 479 g/mol. The molecule has 0 atom stereocenters. The Bertz CT molecular complexity index is 773. The lowest BCUT2D eigenvalue weighted by Crippen LogP contribution is -2.36. The third kappa shape index (κ3) is 7.87. The molecule has 0 radical (unpaired) electrons. The Morgan fingerprint density at radius 2 is 1.86 bits per heavy atom. The van der Waals surface area contributed by atoms with Crippen LogP contribution in [0.5, 0.6) is 11.5 Å². The van der Waals surface area contributed by atoms with Gasteiger partial charge in [-0.15, -0.1) is 24.0 Å². The molecule has 0 aliphatic carbocycles. The molecule has 0 aliphatic rings. The number of halogens is 3. The van der Waals surface area contributed by atoms with Crippen LogP contribution in [0.4, 0.5) is 8.78 Å². The quantitative estimate of drug-likeness (QED) is 0.316. The Kier molecular flexibility index (Phi) is 10.6. The summed E-state index contributed by atoms with van der Waals surface area (Å²) in [5, 5.41) is 6.36. The van der Waals surface area contributed by atoms with Gasteiger partial charge in [-0.25, -0.2) is 4.99 Å². The van der Waals surface area contributed by atoms with Crippen molar-refractivity contribution in [2.24, 2.45) is 4.99 Å². The minimum absolute atomic E-state index is 0. The molecule has 0 aliphatic heterocycles. The highest BCUT2D eigenvalue weighted by Gasteiger charge is 2.11. The fourth-order valence-electron chi connectivity index (χ4n) is 2.53. The molecule has 2 rings (SSSR count). The summed E-state index contributed by atoms with van der Waals surface area (Å²) in [6.45, 7) is 2.77. The number of rotatable bonds is 8. The Morgan fingerprint density at radius 1 is 1.07 bits per heavy atom. The van der Waals surface area contributed by atoms with Crippen molar-refractivity contribution in [1.29, 1.82) is 0 Å². The van der Waals surface area contributed by atoms with Crippen molar-refractivity contribution in [1.82, 2.24) is 10.6 Å². The molecule has 2 aromatic rings. The summed E-state index contributed by atoms with van der Waals surface area (Å²) in [4.78, 5) is 4.56. The number of hydrogen-bond donors (Lipinski definition) is 2. The number of ether oxygens (including phenoxy) is 2. The van der Waals surface area contributed by atoms with Crippen LogP contribution in [0.3, 0.4) is 0 Å². The zero-order valence-electron chi connectivity index (χ0n) is 16.2. The number of methoxy groups -OCH3 is 1. The van der Waals surface area contributed by atoms with E-state index < -0.39 is 6.61 Å². The Balaban J connectivity index is 0.00000392. The van der Waals surface area contributed by atoms with Gasteiger partial charge in [-0.3, -0.25) is 0 Å². The summed E-state index contributed by atoms with van der Waals surface area (Å²) >= 11 is 0. The van der Waals surface area contributed by atoms with Crippen molar-refractivity contribution in [3.63, 3.8) is 0 Å². The highest BCUT2D eigenvalue weighted by molar-refractivity contribution is 14.0. The molecular formula is C20H26F2IN3O2. The molecule has 8 heteroatoms. The van der Waals surface area contributed by atoms with E-state index in [-0.39, 0.29) is 35.5 Å². The Hall–Kier alpha value is -2.10. The molecule has 0 unspecified atom stereocenters. The largest absolute Gasteiger partial charge is 0.493 e. The minimum Gasteiger partial charge on any atom is -0.493 e. The molecule has 0 saturated carbocycles. The average molecular weight is 505 g/mol. The van der Waals surface area contributed by atoms with E-state index in [1.54, 1.807) is 12.1 Å². The van der Waals surface area contributed by atoms with Crippen LogP contribution in [-0.2, 0) is 13.1 Å². The number of aryl methyl sites for hydroxylation is 1. The first-order valence-electron chi connectivity index (χ1n) is 8.71. The molecule has 0 heterocycles. The van der Waals surface area contributed by atoms with Gasteiger partial charge in [0.05, 0.1) is 13.7 Å². The number of nitrogens with zero attached hydrogens (tertiary/aromatic N) is 1. The Labute approximate surface area is 181 Å². The van der Waals surface area contributed by atoms with Crippen LogP contribution in [0.2, 0.25) is 0 Å². The monoisotopic (exact) mass is 505 g/mol. The average Bonchev–Trinajstić information content (AvgIpc) is 2.64. The number of aliphatic imine (C=N–C) groups is 1. The van der Waals surface area contributed by atoms with Crippen molar-refractivity contribution in [2.45, 2.75) is 33.5 Å². The molecule has 0 fully saturated rings. The van der Waals surface area contributed by atoms with E-state index in [1.165, 1.54) is 18.7 Å².